The fourth-order valence-electron chi connectivity index (χ4n) is 3.65. The Bertz CT molecular complexity index is 710. The maximum atomic E-state index is 5.70. The SMILES string of the molecule is CCOc1ccc(C(c2ccc(OC)cc2)N2CCCNCC2)cc1OC. The molecule has 146 valence electrons. The molecule has 5 heteroatoms. The molecule has 27 heavy (non-hydrogen) atoms. The molecular formula is C22H30N2O3. The number of rotatable bonds is 7. The van der Waals surface area contributed by atoms with E-state index in [9.17, 15) is 0 Å². The standard InChI is InChI=1S/C22H30N2O3/c1-4-27-20-11-8-18(16-21(20)26-3)22(24-14-5-12-23-13-15-24)17-6-9-19(25-2)10-7-17/h6-11,16,22-23H,4-5,12-15H2,1-3H3. The van der Waals surface area contributed by atoms with Gasteiger partial charge in [0.15, 0.2) is 11.5 Å². The predicted molar refractivity (Wildman–Crippen MR) is 108 cm³/mol. The molecule has 0 aromatic heterocycles. The molecule has 5 nitrogen and oxygen atoms in total. The van der Waals surface area contributed by atoms with Crippen molar-refractivity contribution in [3.8, 4) is 17.2 Å². The van der Waals surface area contributed by atoms with Gasteiger partial charge in [0.1, 0.15) is 5.75 Å². The van der Waals surface area contributed by atoms with Crippen LogP contribution < -0.4 is 19.5 Å². The minimum absolute atomic E-state index is 0.167. The van der Waals surface area contributed by atoms with E-state index < -0.39 is 0 Å². The summed E-state index contributed by atoms with van der Waals surface area (Å²) in [5.74, 6) is 2.44. The molecule has 1 fully saturated rings. The fraction of sp³-hybridized carbons (Fsp3) is 0.455. The van der Waals surface area contributed by atoms with Crippen LogP contribution in [-0.4, -0.2) is 51.9 Å². The highest BCUT2D eigenvalue weighted by Gasteiger charge is 2.24. The zero-order chi connectivity index (χ0) is 19.1. The van der Waals surface area contributed by atoms with Crippen LogP contribution in [0.2, 0.25) is 0 Å². The average Bonchev–Trinajstić information content (AvgIpc) is 2.99. The summed E-state index contributed by atoms with van der Waals surface area (Å²) >= 11 is 0. The van der Waals surface area contributed by atoms with Crippen LogP contribution in [0.25, 0.3) is 0 Å². The predicted octanol–water partition coefficient (Wildman–Crippen LogP) is 3.49. The molecule has 0 saturated carbocycles. The van der Waals surface area contributed by atoms with E-state index in [4.69, 9.17) is 14.2 Å². The largest absolute Gasteiger partial charge is 0.497 e. The van der Waals surface area contributed by atoms with E-state index in [-0.39, 0.29) is 6.04 Å². The van der Waals surface area contributed by atoms with Crippen LogP contribution in [0, 0.1) is 0 Å². The second-order valence-electron chi connectivity index (χ2n) is 6.66. The Labute approximate surface area is 162 Å². The first-order valence-corrected chi connectivity index (χ1v) is 9.66. The monoisotopic (exact) mass is 370 g/mol. The quantitative estimate of drug-likeness (QED) is 0.808. The van der Waals surface area contributed by atoms with Gasteiger partial charge in [0, 0.05) is 19.6 Å². The van der Waals surface area contributed by atoms with Gasteiger partial charge in [0.25, 0.3) is 0 Å². The summed E-state index contributed by atoms with van der Waals surface area (Å²) in [5.41, 5.74) is 2.46. The molecule has 0 aliphatic carbocycles. The molecule has 0 bridgehead atoms. The summed E-state index contributed by atoms with van der Waals surface area (Å²) in [6, 6.07) is 14.8. The van der Waals surface area contributed by atoms with Crippen LogP contribution in [-0.2, 0) is 0 Å². The highest BCUT2D eigenvalue weighted by Crippen LogP contribution is 2.36. The van der Waals surface area contributed by atoms with Gasteiger partial charge in [0.2, 0.25) is 0 Å². The van der Waals surface area contributed by atoms with E-state index in [1.54, 1.807) is 14.2 Å². The van der Waals surface area contributed by atoms with Gasteiger partial charge < -0.3 is 19.5 Å². The molecule has 1 aliphatic rings. The normalized spacial score (nSPS) is 16.4. The molecule has 0 spiro atoms. The van der Waals surface area contributed by atoms with Crippen LogP contribution in [0.4, 0.5) is 0 Å². The molecule has 0 radical (unpaired) electrons. The molecule has 1 N–H and O–H groups in total. The minimum atomic E-state index is 0.167. The van der Waals surface area contributed by atoms with E-state index in [2.05, 4.69) is 34.5 Å². The lowest BCUT2D eigenvalue weighted by Gasteiger charge is -2.31. The van der Waals surface area contributed by atoms with Gasteiger partial charge in [0.05, 0.1) is 26.9 Å². The summed E-state index contributed by atoms with van der Waals surface area (Å²) in [6.45, 7) is 6.73. The van der Waals surface area contributed by atoms with Gasteiger partial charge >= 0.3 is 0 Å². The van der Waals surface area contributed by atoms with Crippen molar-refractivity contribution in [3.05, 3.63) is 53.6 Å². The molecule has 3 rings (SSSR count). The van der Waals surface area contributed by atoms with Crippen molar-refractivity contribution in [1.29, 1.82) is 0 Å². The lowest BCUT2D eigenvalue weighted by molar-refractivity contribution is 0.240. The first-order chi connectivity index (χ1) is 13.3. The number of nitrogens with zero attached hydrogens (tertiary/aromatic N) is 1. The first-order valence-electron chi connectivity index (χ1n) is 9.66. The molecule has 1 unspecified atom stereocenters. The van der Waals surface area contributed by atoms with Gasteiger partial charge in [-0.1, -0.05) is 18.2 Å². The average molecular weight is 370 g/mol. The molecule has 1 atom stereocenters. The molecule has 1 heterocycles. The Balaban J connectivity index is 1.99. The van der Waals surface area contributed by atoms with E-state index in [1.807, 2.05) is 25.1 Å². The summed E-state index contributed by atoms with van der Waals surface area (Å²) < 4.78 is 16.6. The Morgan fingerprint density at radius 2 is 1.70 bits per heavy atom. The van der Waals surface area contributed by atoms with Crippen LogP contribution in [0.15, 0.2) is 42.5 Å². The third kappa shape index (κ3) is 4.73. The number of benzene rings is 2. The fourth-order valence-corrected chi connectivity index (χ4v) is 3.65. The molecule has 1 saturated heterocycles. The second-order valence-corrected chi connectivity index (χ2v) is 6.66. The van der Waals surface area contributed by atoms with Crippen molar-refractivity contribution in [1.82, 2.24) is 10.2 Å². The summed E-state index contributed by atoms with van der Waals surface area (Å²) in [5, 5.41) is 3.50. The lowest BCUT2D eigenvalue weighted by Crippen LogP contribution is -2.33. The van der Waals surface area contributed by atoms with Gasteiger partial charge in [-0.3, -0.25) is 4.90 Å². The Morgan fingerprint density at radius 3 is 2.41 bits per heavy atom. The van der Waals surface area contributed by atoms with Crippen molar-refractivity contribution >= 4 is 0 Å². The first kappa shape index (κ1) is 19.5. The van der Waals surface area contributed by atoms with Crippen molar-refractivity contribution in [2.45, 2.75) is 19.4 Å². The van der Waals surface area contributed by atoms with E-state index in [0.29, 0.717) is 6.61 Å². The third-order valence-corrected chi connectivity index (χ3v) is 4.97. The maximum Gasteiger partial charge on any atom is 0.161 e. The number of hydrogen-bond donors (Lipinski definition) is 1. The van der Waals surface area contributed by atoms with E-state index in [1.165, 1.54) is 11.1 Å². The van der Waals surface area contributed by atoms with Crippen molar-refractivity contribution < 1.29 is 14.2 Å². The number of methoxy groups -OCH3 is 2. The van der Waals surface area contributed by atoms with Crippen LogP contribution >= 0.6 is 0 Å². The molecule has 2 aromatic carbocycles. The van der Waals surface area contributed by atoms with Crippen molar-refractivity contribution in [3.63, 3.8) is 0 Å². The Kier molecular flexibility index (Phi) is 6.96. The smallest absolute Gasteiger partial charge is 0.161 e. The minimum Gasteiger partial charge on any atom is -0.497 e. The summed E-state index contributed by atoms with van der Waals surface area (Å²) in [6.07, 6.45) is 1.14. The Hall–Kier alpha value is -2.24. The van der Waals surface area contributed by atoms with Crippen molar-refractivity contribution in [2.24, 2.45) is 0 Å². The molecule has 1 aliphatic heterocycles. The van der Waals surface area contributed by atoms with Crippen LogP contribution in [0.1, 0.15) is 30.5 Å². The summed E-state index contributed by atoms with van der Waals surface area (Å²) in [4.78, 5) is 2.54. The number of nitrogens with one attached hydrogen (secondary N) is 1. The van der Waals surface area contributed by atoms with E-state index >= 15 is 0 Å². The van der Waals surface area contributed by atoms with Crippen LogP contribution in [0.5, 0.6) is 17.2 Å². The summed E-state index contributed by atoms with van der Waals surface area (Å²) in [7, 11) is 3.39. The van der Waals surface area contributed by atoms with Crippen molar-refractivity contribution in [2.75, 3.05) is 47.0 Å². The topological polar surface area (TPSA) is 43.0 Å². The van der Waals surface area contributed by atoms with Gasteiger partial charge in [-0.25, -0.2) is 0 Å². The van der Waals surface area contributed by atoms with Gasteiger partial charge in [-0.05, 0) is 55.3 Å². The van der Waals surface area contributed by atoms with E-state index in [0.717, 1.165) is 49.8 Å². The van der Waals surface area contributed by atoms with Gasteiger partial charge in [-0.15, -0.1) is 0 Å². The number of ether oxygens (including phenoxy) is 3. The molecule has 0 amide bonds. The molecular weight excluding hydrogens is 340 g/mol. The van der Waals surface area contributed by atoms with Gasteiger partial charge in [-0.2, -0.15) is 0 Å². The lowest BCUT2D eigenvalue weighted by atomic mass is 9.96. The third-order valence-electron chi connectivity index (χ3n) is 4.97. The number of hydrogen-bond acceptors (Lipinski definition) is 5. The zero-order valence-corrected chi connectivity index (χ0v) is 16.5. The Morgan fingerprint density at radius 1 is 0.926 bits per heavy atom. The highest BCUT2D eigenvalue weighted by atomic mass is 16.5. The second kappa shape index (κ2) is 9.62. The zero-order valence-electron chi connectivity index (χ0n) is 16.5. The maximum absolute atomic E-state index is 5.70. The van der Waals surface area contributed by atoms with Crippen LogP contribution in [0.3, 0.4) is 0 Å². The highest BCUT2D eigenvalue weighted by molar-refractivity contribution is 5.46. The molecule has 2 aromatic rings.